The molecule has 0 radical (unpaired) electrons. The minimum atomic E-state index is -0.837. The molecule has 3 rings (SSSR count). The molecular formula is C25H30N2O6. The molecule has 0 aromatic heterocycles. The normalized spacial score (nSPS) is 17.6. The molecule has 1 saturated heterocycles. The van der Waals surface area contributed by atoms with Crippen LogP contribution < -0.4 is 9.47 Å². The molecule has 1 fully saturated rings. The van der Waals surface area contributed by atoms with Crippen LogP contribution in [0.4, 0.5) is 0 Å². The lowest BCUT2D eigenvalue weighted by molar-refractivity contribution is -0.139. The van der Waals surface area contributed by atoms with Gasteiger partial charge < -0.3 is 29.5 Å². The van der Waals surface area contributed by atoms with Gasteiger partial charge in [0.05, 0.1) is 25.3 Å². The first-order chi connectivity index (χ1) is 15.8. The van der Waals surface area contributed by atoms with Crippen LogP contribution in [0.5, 0.6) is 17.2 Å². The molecule has 2 aromatic carbocycles. The molecule has 0 spiro atoms. The Bertz CT molecular complexity index is 1050. The molecule has 2 aromatic rings. The van der Waals surface area contributed by atoms with Crippen molar-refractivity contribution in [3.8, 4) is 17.2 Å². The first-order valence-electron chi connectivity index (χ1n) is 10.8. The zero-order valence-electron chi connectivity index (χ0n) is 19.4. The molecule has 8 nitrogen and oxygen atoms in total. The Kier molecular flexibility index (Phi) is 7.60. The summed E-state index contributed by atoms with van der Waals surface area (Å²) in [5.74, 6) is -0.917. The average molecular weight is 455 g/mol. The summed E-state index contributed by atoms with van der Waals surface area (Å²) in [6, 6.07) is 10.5. The van der Waals surface area contributed by atoms with Gasteiger partial charge in [-0.15, -0.1) is 0 Å². The van der Waals surface area contributed by atoms with Gasteiger partial charge in [0.2, 0.25) is 0 Å². The fourth-order valence-electron chi connectivity index (χ4n) is 3.92. The number of Topliss-reactive ketones (excluding diaryl/α,β-unsaturated/α-hetero) is 1. The van der Waals surface area contributed by atoms with Gasteiger partial charge in [-0.05, 0) is 75.9 Å². The van der Waals surface area contributed by atoms with Crippen LogP contribution in [0.2, 0.25) is 0 Å². The van der Waals surface area contributed by atoms with Crippen LogP contribution in [0.3, 0.4) is 0 Å². The van der Waals surface area contributed by atoms with Crippen molar-refractivity contribution in [2.24, 2.45) is 0 Å². The van der Waals surface area contributed by atoms with Crippen LogP contribution in [0.25, 0.3) is 5.76 Å². The van der Waals surface area contributed by atoms with Crippen LogP contribution in [-0.4, -0.2) is 72.6 Å². The third kappa shape index (κ3) is 5.12. The molecule has 0 bridgehead atoms. The number of hydrogen-bond donors (Lipinski definition) is 2. The van der Waals surface area contributed by atoms with E-state index >= 15 is 0 Å². The predicted octanol–water partition coefficient (Wildman–Crippen LogP) is 3.17. The van der Waals surface area contributed by atoms with E-state index in [1.165, 1.54) is 18.1 Å². The Hall–Kier alpha value is -3.52. The van der Waals surface area contributed by atoms with Crippen LogP contribution in [0.1, 0.15) is 30.5 Å². The van der Waals surface area contributed by atoms with E-state index in [-0.39, 0.29) is 22.8 Å². The van der Waals surface area contributed by atoms with Gasteiger partial charge in [0.25, 0.3) is 11.7 Å². The highest BCUT2D eigenvalue weighted by atomic mass is 16.5. The maximum atomic E-state index is 13.1. The summed E-state index contributed by atoms with van der Waals surface area (Å²) in [7, 11) is 5.30. The molecule has 1 aliphatic heterocycles. The number of ether oxygens (including phenoxy) is 2. The van der Waals surface area contributed by atoms with Crippen LogP contribution in [0, 0.1) is 0 Å². The summed E-state index contributed by atoms with van der Waals surface area (Å²) in [4.78, 5) is 29.5. The molecule has 8 heteroatoms. The van der Waals surface area contributed by atoms with E-state index in [0.717, 1.165) is 6.54 Å². The Balaban J connectivity index is 2.08. The monoisotopic (exact) mass is 454 g/mol. The van der Waals surface area contributed by atoms with Crippen LogP contribution in [-0.2, 0) is 9.59 Å². The SMILES string of the molecule is CCOc1ccc(/C(O)=C2/C(=O)C(=O)N(CCCN(C)C)C2c2ccc(OC)c(O)c2)cc1. The number of benzene rings is 2. The first kappa shape index (κ1) is 24.1. The van der Waals surface area contributed by atoms with Gasteiger partial charge in [0.1, 0.15) is 11.5 Å². The molecule has 1 heterocycles. The highest BCUT2D eigenvalue weighted by Crippen LogP contribution is 2.41. The van der Waals surface area contributed by atoms with Gasteiger partial charge in [0.15, 0.2) is 11.5 Å². The van der Waals surface area contributed by atoms with E-state index in [4.69, 9.17) is 9.47 Å². The van der Waals surface area contributed by atoms with E-state index in [2.05, 4.69) is 0 Å². The zero-order valence-corrected chi connectivity index (χ0v) is 19.4. The number of phenolic OH excluding ortho intramolecular Hbond substituents is 1. The molecule has 2 N–H and O–H groups in total. The lowest BCUT2D eigenvalue weighted by Crippen LogP contribution is -2.32. The summed E-state index contributed by atoms with van der Waals surface area (Å²) in [6.07, 6.45) is 0.641. The maximum absolute atomic E-state index is 13.1. The second-order valence-electron chi connectivity index (χ2n) is 8.04. The topological polar surface area (TPSA) is 99.5 Å². The number of ketones is 1. The second kappa shape index (κ2) is 10.4. The molecule has 176 valence electrons. The van der Waals surface area contributed by atoms with Crippen molar-refractivity contribution in [2.75, 3.05) is 40.9 Å². The van der Waals surface area contributed by atoms with Gasteiger partial charge in [-0.1, -0.05) is 6.07 Å². The molecule has 1 atom stereocenters. The quantitative estimate of drug-likeness (QED) is 0.341. The number of aromatic hydroxyl groups is 1. The number of likely N-dealkylation sites (tertiary alicyclic amines) is 1. The van der Waals surface area contributed by atoms with Gasteiger partial charge in [0, 0.05) is 12.1 Å². The number of aliphatic hydroxyl groups is 1. The van der Waals surface area contributed by atoms with Crippen molar-refractivity contribution in [3.05, 3.63) is 59.2 Å². The van der Waals surface area contributed by atoms with Crippen molar-refractivity contribution in [1.82, 2.24) is 9.80 Å². The largest absolute Gasteiger partial charge is 0.507 e. The van der Waals surface area contributed by atoms with Crippen molar-refractivity contribution < 1.29 is 29.3 Å². The van der Waals surface area contributed by atoms with E-state index < -0.39 is 17.7 Å². The minimum Gasteiger partial charge on any atom is -0.507 e. The van der Waals surface area contributed by atoms with Gasteiger partial charge in [-0.2, -0.15) is 0 Å². The molecule has 33 heavy (non-hydrogen) atoms. The number of aliphatic hydroxyl groups excluding tert-OH is 1. The molecule has 0 aliphatic carbocycles. The molecule has 1 amide bonds. The third-order valence-corrected chi connectivity index (χ3v) is 5.50. The summed E-state index contributed by atoms with van der Waals surface area (Å²) in [6.45, 7) is 3.42. The number of hydrogen-bond acceptors (Lipinski definition) is 7. The van der Waals surface area contributed by atoms with Gasteiger partial charge >= 0.3 is 0 Å². The summed E-state index contributed by atoms with van der Waals surface area (Å²) < 4.78 is 10.6. The molecule has 1 aliphatic rings. The predicted molar refractivity (Wildman–Crippen MR) is 124 cm³/mol. The number of carbonyl (C=O) groups excluding carboxylic acids is 2. The number of amides is 1. The summed E-state index contributed by atoms with van der Waals surface area (Å²) >= 11 is 0. The minimum absolute atomic E-state index is 0.0152. The number of phenols is 1. The van der Waals surface area contributed by atoms with Crippen LogP contribution >= 0.6 is 0 Å². The fraction of sp³-hybridized carbons (Fsp3) is 0.360. The van der Waals surface area contributed by atoms with Crippen molar-refractivity contribution in [3.63, 3.8) is 0 Å². The Labute approximate surface area is 193 Å². The molecule has 0 saturated carbocycles. The van der Waals surface area contributed by atoms with Crippen molar-refractivity contribution in [1.29, 1.82) is 0 Å². The fourth-order valence-corrected chi connectivity index (χ4v) is 3.92. The lowest BCUT2D eigenvalue weighted by Gasteiger charge is -2.26. The number of rotatable bonds is 9. The Morgan fingerprint density at radius 1 is 1.12 bits per heavy atom. The molecule has 1 unspecified atom stereocenters. The number of methoxy groups -OCH3 is 1. The zero-order chi connectivity index (χ0) is 24.1. The van der Waals surface area contributed by atoms with Gasteiger partial charge in [-0.25, -0.2) is 0 Å². The average Bonchev–Trinajstić information content (AvgIpc) is 3.04. The lowest BCUT2D eigenvalue weighted by atomic mass is 9.95. The van der Waals surface area contributed by atoms with E-state index in [9.17, 15) is 19.8 Å². The summed E-state index contributed by atoms with van der Waals surface area (Å²) in [5.41, 5.74) is 0.885. The first-order valence-corrected chi connectivity index (χ1v) is 10.8. The van der Waals surface area contributed by atoms with E-state index in [1.807, 2.05) is 25.9 Å². The van der Waals surface area contributed by atoms with Crippen molar-refractivity contribution in [2.45, 2.75) is 19.4 Å². The van der Waals surface area contributed by atoms with E-state index in [1.54, 1.807) is 36.4 Å². The second-order valence-corrected chi connectivity index (χ2v) is 8.04. The Morgan fingerprint density at radius 3 is 2.39 bits per heavy atom. The van der Waals surface area contributed by atoms with Gasteiger partial charge in [-0.3, -0.25) is 9.59 Å². The number of nitrogens with zero attached hydrogens (tertiary/aromatic N) is 2. The highest BCUT2D eigenvalue weighted by molar-refractivity contribution is 6.46. The van der Waals surface area contributed by atoms with E-state index in [0.29, 0.717) is 36.4 Å². The maximum Gasteiger partial charge on any atom is 0.295 e. The molecular weight excluding hydrogens is 424 g/mol. The third-order valence-electron chi connectivity index (χ3n) is 5.50. The van der Waals surface area contributed by atoms with Crippen molar-refractivity contribution >= 4 is 17.4 Å². The summed E-state index contributed by atoms with van der Waals surface area (Å²) in [5, 5.41) is 21.4. The Morgan fingerprint density at radius 2 is 1.82 bits per heavy atom. The highest BCUT2D eigenvalue weighted by Gasteiger charge is 2.46. The standard InChI is InChI=1S/C25H30N2O6/c1-5-33-18-10-7-16(8-11-18)23(29)21-22(17-9-12-20(32-4)19(28)15-17)27(25(31)24(21)30)14-6-13-26(2)3/h7-12,15,22,28-29H,5-6,13-14H2,1-4H3/b23-21-. The number of carbonyl (C=O) groups is 2. The van der Waals surface area contributed by atoms with Crippen LogP contribution in [0.15, 0.2) is 48.0 Å². The smallest absolute Gasteiger partial charge is 0.295 e.